The zero-order valence-electron chi connectivity index (χ0n) is 19.8. The predicted molar refractivity (Wildman–Crippen MR) is 116 cm³/mol. The molecular formula is C26H41O5-. The summed E-state index contributed by atoms with van der Waals surface area (Å²) in [6.07, 6.45) is 8.86. The topological polar surface area (TPSA) is 86.7 Å². The number of hydrogen-bond donors (Lipinski definition) is 1. The lowest BCUT2D eigenvalue weighted by Gasteiger charge is -2.62. The fourth-order valence-electron chi connectivity index (χ4n) is 9.03. The number of hydrogen-bond acceptors (Lipinski definition) is 5. The molecule has 0 saturated heterocycles. The van der Waals surface area contributed by atoms with Gasteiger partial charge in [-0.1, -0.05) is 20.8 Å². The van der Waals surface area contributed by atoms with Gasteiger partial charge >= 0.3 is 5.97 Å². The molecule has 4 fully saturated rings. The van der Waals surface area contributed by atoms with Gasteiger partial charge in [0.1, 0.15) is 6.10 Å². The van der Waals surface area contributed by atoms with Crippen molar-refractivity contribution in [1.82, 2.24) is 0 Å². The largest absolute Gasteiger partial charge is 0.550 e. The highest BCUT2D eigenvalue weighted by molar-refractivity contribution is 5.66. The van der Waals surface area contributed by atoms with Crippen LogP contribution in [0, 0.1) is 46.3 Å². The number of fused-ring (bicyclic) bond motifs is 5. The zero-order chi connectivity index (χ0) is 22.6. The summed E-state index contributed by atoms with van der Waals surface area (Å²) in [6, 6.07) is 0. The molecule has 4 aliphatic carbocycles. The lowest BCUT2D eigenvalue weighted by atomic mass is 9.43. The van der Waals surface area contributed by atoms with Gasteiger partial charge in [-0.25, -0.2) is 0 Å². The van der Waals surface area contributed by atoms with Gasteiger partial charge in [0.15, 0.2) is 0 Å². The first-order valence-corrected chi connectivity index (χ1v) is 12.6. The minimum atomic E-state index is -0.948. The van der Waals surface area contributed by atoms with E-state index in [0.717, 1.165) is 44.9 Å². The fraction of sp³-hybridized carbons (Fsp3) is 0.923. The van der Waals surface area contributed by atoms with E-state index >= 15 is 0 Å². The standard InChI is InChI=1S/C26H42O5/c1-15(5-8-23(29)30)19-6-7-20-24-21(10-12-26(19,20)4)25(3)11-9-18(28)13-17(25)14-22(24)31-16(2)27/h15,17-22,24,28H,5-14H2,1-4H3,(H,29,30)/p-1/t15-,17+,18-,19-,20+,21+,22-,24+,25+,26-/m1/s1. The van der Waals surface area contributed by atoms with Crippen molar-refractivity contribution in [3.05, 3.63) is 0 Å². The Morgan fingerprint density at radius 1 is 1.06 bits per heavy atom. The molecule has 4 aliphatic rings. The first-order chi connectivity index (χ1) is 14.6. The first-order valence-electron chi connectivity index (χ1n) is 12.6. The Morgan fingerprint density at radius 2 is 1.74 bits per heavy atom. The maximum absolute atomic E-state index is 12.1. The molecule has 4 saturated carbocycles. The number of aliphatic hydroxyl groups is 1. The summed E-state index contributed by atoms with van der Waals surface area (Å²) >= 11 is 0. The second-order valence-corrected chi connectivity index (χ2v) is 11.9. The Kier molecular flexibility index (Phi) is 6.22. The number of carboxylic acids is 1. The molecule has 31 heavy (non-hydrogen) atoms. The van der Waals surface area contributed by atoms with Gasteiger partial charge in [0.05, 0.1) is 6.10 Å². The molecule has 176 valence electrons. The monoisotopic (exact) mass is 433 g/mol. The van der Waals surface area contributed by atoms with Crippen LogP contribution >= 0.6 is 0 Å². The molecule has 0 bridgehead atoms. The number of carbonyl (C=O) groups excluding carboxylic acids is 2. The van der Waals surface area contributed by atoms with Crippen LogP contribution < -0.4 is 5.11 Å². The third-order valence-corrected chi connectivity index (χ3v) is 10.5. The van der Waals surface area contributed by atoms with E-state index in [9.17, 15) is 19.8 Å². The molecule has 5 nitrogen and oxygen atoms in total. The molecule has 1 N–H and O–H groups in total. The molecule has 0 spiro atoms. The number of aliphatic carboxylic acids is 1. The van der Waals surface area contributed by atoms with Gasteiger partial charge in [-0.05, 0) is 105 Å². The minimum Gasteiger partial charge on any atom is -0.550 e. The second-order valence-electron chi connectivity index (χ2n) is 11.9. The molecule has 0 aliphatic heterocycles. The third kappa shape index (κ3) is 3.94. The van der Waals surface area contributed by atoms with Crippen LogP contribution in [-0.2, 0) is 14.3 Å². The highest BCUT2D eigenvalue weighted by atomic mass is 16.5. The average molecular weight is 434 g/mol. The van der Waals surface area contributed by atoms with E-state index in [0.29, 0.717) is 41.9 Å². The number of ether oxygens (including phenoxy) is 1. The van der Waals surface area contributed by atoms with Crippen molar-refractivity contribution in [3.63, 3.8) is 0 Å². The average Bonchev–Trinajstić information content (AvgIpc) is 3.04. The molecule has 0 aromatic heterocycles. The molecule has 4 rings (SSSR count). The van der Waals surface area contributed by atoms with Crippen LogP contribution in [0.4, 0.5) is 0 Å². The molecule has 0 aromatic carbocycles. The lowest BCUT2D eigenvalue weighted by Crippen LogP contribution is -2.59. The van der Waals surface area contributed by atoms with Crippen LogP contribution in [0.3, 0.4) is 0 Å². The molecule has 5 heteroatoms. The quantitative estimate of drug-likeness (QED) is 0.668. The van der Waals surface area contributed by atoms with Gasteiger partial charge in [0, 0.05) is 18.8 Å². The minimum absolute atomic E-state index is 0.0484. The van der Waals surface area contributed by atoms with Crippen molar-refractivity contribution in [2.75, 3.05) is 0 Å². The number of esters is 1. The maximum Gasteiger partial charge on any atom is 0.302 e. The summed E-state index contributed by atoms with van der Waals surface area (Å²) in [5.41, 5.74) is 0.406. The summed E-state index contributed by atoms with van der Waals surface area (Å²) in [5, 5.41) is 21.4. The Bertz CT molecular complexity index is 706. The van der Waals surface area contributed by atoms with Crippen molar-refractivity contribution in [2.45, 2.75) is 104 Å². The van der Waals surface area contributed by atoms with Crippen molar-refractivity contribution in [3.8, 4) is 0 Å². The molecule has 0 amide bonds. The van der Waals surface area contributed by atoms with E-state index in [1.807, 2.05) is 0 Å². The first kappa shape index (κ1) is 23.1. The number of carbonyl (C=O) groups is 2. The van der Waals surface area contributed by atoms with Gasteiger partial charge in [-0.15, -0.1) is 0 Å². The van der Waals surface area contributed by atoms with Crippen molar-refractivity contribution >= 4 is 11.9 Å². The molecule has 0 radical (unpaired) electrons. The number of aliphatic hydroxyl groups excluding tert-OH is 1. The molecule has 10 atom stereocenters. The predicted octanol–water partition coefficient (Wildman–Crippen LogP) is 3.71. The number of carboxylic acid groups (broad SMARTS) is 1. The normalized spacial score (nSPS) is 47.6. The second kappa shape index (κ2) is 8.35. The van der Waals surface area contributed by atoms with Gasteiger partial charge < -0.3 is 19.7 Å². The fourth-order valence-corrected chi connectivity index (χ4v) is 9.03. The highest BCUT2D eigenvalue weighted by Crippen LogP contribution is 2.68. The van der Waals surface area contributed by atoms with Crippen molar-refractivity contribution in [1.29, 1.82) is 0 Å². The summed E-state index contributed by atoms with van der Waals surface area (Å²) in [7, 11) is 0. The molecule has 0 aromatic rings. The van der Waals surface area contributed by atoms with Crippen LogP contribution in [0.1, 0.15) is 91.9 Å². The van der Waals surface area contributed by atoms with E-state index in [4.69, 9.17) is 4.74 Å². The van der Waals surface area contributed by atoms with Crippen molar-refractivity contribution in [2.24, 2.45) is 46.3 Å². The molecular weight excluding hydrogens is 392 g/mol. The van der Waals surface area contributed by atoms with E-state index < -0.39 is 5.97 Å². The summed E-state index contributed by atoms with van der Waals surface area (Å²) in [6.45, 7) is 8.63. The van der Waals surface area contributed by atoms with Crippen molar-refractivity contribution < 1.29 is 24.5 Å². The van der Waals surface area contributed by atoms with E-state index in [1.54, 1.807) is 0 Å². The molecule has 0 heterocycles. The Balaban J connectivity index is 1.62. The lowest BCUT2D eigenvalue weighted by molar-refractivity contribution is -0.306. The molecule has 0 unspecified atom stereocenters. The smallest absolute Gasteiger partial charge is 0.302 e. The Morgan fingerprint density at radius 3 is 2.42 bits per heavy atom. The summed E-state index contributed by atoms with van der Waals surface area (Å²) < 4.78 is 6.01. The van der Waals surface area contributed by atoms with Crippen LogP contribution in [-0.4, -0.2) is 29.3 Å². The van der Waals surface area contributed by atoms with E-state index in [2.05, 4.69) is 20.8 Å². The van der Waals surface area contributed by atoms with Gasteiger partial charge in [-0.3, -0.25) is 4.79 Å². The van der Waals surface area contributed by atoms with Gasteiger partial charge in [0.25, 0.3) is 0 Å². The Labute approximate surface area is 187 Å². The highest BCUT2D eigenvalue weighted by Gasteiger charge is 2.63. The van der Waals surface area contributed by atoms with Crippen LogP contribution in [0.5, 0.6) is 0 Å². The van der Waals surface area contributed by atoms with Crippen LogP contribution in [0.15, 0.2) is 0 Å². The SMILES string of the molecule is CC(=O)O[C@@H]1C[C@@H]2C[C@H](O)CC[C@]2(C)[C@H]2CC[C@]3(C)[C@@H]([C@H](C)CCC(=O)[O-])CC[C@H]3[C@H]12. The third-order valence-electron chi connectivity index (χ3n) is 10.5. The Hall–Kier alpha value is -1.10. The van der Waals surface area contributed by atoms with Gasteiger partial charge in [-0.2, -0.15) is 0 Å². The van der Waals surface area contributed by atoms with E-state index in [-0.39, 0.29) is 35.4 Å². The number of rotatable bonds is 5. The van der Waals surface area contributed by atoms with Crippen LogP contribution in [0.2, 0.25) is 0 Å². The summed E-state index contributed by atoms with van der Waals surface area (Å²) in [5.74, 6) is 1.63. The zero-order valence-corrected chi connectivity index (χ0v) is 19.8. The van der Waals surface area contributed by atoms with E-state index in [1.165, 1.54) is 13.3 Å². The van der Waals surface area contributed by atoms with Crippen LogP contribution in [0.25, 0.3) is 0 Å². The maximum atomic E-state index is 12.1. The summed E-state index contributed by atoms with van der Waals surface area (Å²) in [4.78, 5) is 23.1. The van der Waals surface area contributed by atoms with Gasteiger partial charge in [0.2, 0.25) is 0 Å².